The Morgan fingerprint density at radius 2 is 1.97 bits per heavy atom. The lowest BCUT2D eigenvalue weighted by molar-refractivity contribution is -0.143. The van der Waals surface area contributed by atoms with Gasteiger partial charge in [0, 0.05) is 25.2 Å². The van der Waals surface area contributed by atoms with Crippen LogP contribution in [0.15, 0.2) is 12.1 Å². The largest absolute Gasteiger partial charge is 0.435 e. The van der Waals surface area contributed by atoms with Crippen molar-refractivity contribution in [3.05, 3.63) is 28.5 Å². The number of ether oxygens (including phenoxy) is 1. The first-order valence-corrected chi connectivity index (χ1v) is 10.8. The van der Waals surface area contributed by atoms with Crippen LogP contribution in [-0.2, 0) is 11.0 Å². The molecular formula is C20H18ClF5N4O4. The Balaban J connectivity index is 1.41. The Labute approximate surface area is 193 Å². The van der Waals surface area contributed by atoms with Crippen LogP contribution in [0, 0.1) is 11.8 Å². The molecule has 2 aromatic heterocycles. The average molecular weight is 509 g/mol. The lowest BCUT2D eigenvalue weighted by atomic mass is 10.1. The summed E-state index contributed by atoms with van der Waals surface area (Å²) in [7, 11) is 0. The summed E-state index contributed by atoms with van der Waals surface area (Å²) in [6.07, 6.45) is -3.97. The number of carbonyl (C=O) groups excluding carboxylic acids is 2. The van der Waals surface area contributed by atoms with Gasteiger partial charge in [0.25, 0.3) is 5.91 Å². The first-order valence-electron chi connectivity index (χ1n) is 10.5. The van der Waals surface area contributed by atoms with Crippen LogP contribution in [0.1, 0.15) is 29.0 Å². The number of amides is 2. The predicted octanol–water partition coefficient (Wildman–Crippen LogP) is 2.66. The molecule has 0 unspecified atom stereocenters. The minimum Gasteiger partial charge on any atom is -0.435 e. The van der Waals surface area contributed by atoms with Crippen molar-refractivity contribution in [3.8, 4) is 5.75 Å². The standard InChI is InChI=1S/C20H18ClF5N4O4/c21-15-11-5-9(34-19(22)23)6-13(20(24,25)26)30(11)27-16(15)18(33)28-1-2-29(14(31)7-28)12-4-8-3-10(8)17(12)32/h5-6,8,10,12,17,19,32H,1-4,7H2/t8-,10-,12-,17-/m0/s1. The van der Waals surface area contributed by atoms with E-state index in [0.29, 0.717) is 22.9 Å². The fourth-order valence-corrected chi connectivity index (χ4v) is 5.22. The minimum absolute atomic E-state index is 0.0686. The van der Waals surface area contributed by atoms with Crippen LogP contribution in [0.4, 0.5) is 22.0 Å². The van der Waals surface area contributed by atoms with Crippen LogP contribution < -0.4 is 4.74 Å². The quantitative estimate of drug-likeness (QED) is 0.642. The molecule has 5 rings (SSSR count). The number of piperazine rings is 1. The SMILES string of the molecule is O=C(c1nn2c(C(F)(F)F)cc(OC(F)F)cc2c1Cl)N1CCN([C@H]2C[C@@H]3C[C@@H]3[C@@H]2O)C(=O)C1. The number of carbonyl (C=O) groups is 2. The van der Waals surface area contributed by atoms with Gasteiger partial charge < -0.3 is 19.6 Å². The highest BCUT2D eigenvalue weighted by atomic mass is 35.5. The van der Waals surface area contributed by atoms with E-state index in [1.54, 1.807) is 4.90 Å². The molecule has 184 valence electrons. The zero-order valence-electron chi connectivity index (χ0n) is 17.3. The summed E-state index contributed by atoms with van der Waals surface area (Å²) >= 11 is 6.14. The van der Waals surface area contributed by atoms with Gasteiger partial charge in [0.1, 0.15) is 18.0 Å². The maximum absolute atomic E-state index is 13.5. The zero-order chi connectivity index (χ0) is 24.5. The molecule has 3 fully saturated rings. The maximum Gasteiger partial charge on any atom is 0.433 e. The Bertz CT molecular complexity index is 1170. The van der Waals surface area contributed by atoms with Crippen molar-refractivity contribution in [3.63, 3.8) is 0 Å². The second-order valence-electron chi connectivity index (χ2n) is 8.68. The highest BCUT2D eigenvalue weighted by Crippen LogP contribution is 2.53. The smallest absolute Gasteiger partial charge is 0.433 e. The van der Waals surface area contributed by atoms with Crippen LogP contribution in [0.25, 0.3) is 5.52 Å². The van der Waals surface area contributed by atoms with E-state index < -0.39 is 58.4 Å². The van der Waals surface area contributed by atoms with Crippen molar-refractivity contribution in [1.82, 2.24) is 19.4 Å². The van der Waals surface area contributed by atoms with Gasteiger partial charge in [-0.1, -0.05) is 11.6 Å². The van der Waals surface area contributed by atoms with E-state index >= 15 is 0 Å². The Morgan fingerprint density at radius 1 is 1.24 bits per heavy atom. The molecule has 3 heterocycles. The predicted molar refractivity (Wildman–Crippen MR) is 105 cm³/mol. The lowest BCUT2D eigenvalue weighted by Gasteiger charge is -2.39. The zero-order valence-corrected chi connectivity index (χ0v) is 18.1. The summed E-state index contributed by atoms with van der Waals surface area (Å²) in [5, 5.41) is 13.6. The van der Waals surface area contributed by atoms with Crippen molar-refractivity contribution in [2.45, 2.75) is 37.8 Å². The highest BCUT2D eigenvalue weighted by Gasteiger charge is 2.55. The van der Waals surface area contributed by atoms with E-state index in [1.165, 1.54) is 0 Å². The monoisotopic (exact) mass is 508 g/mol. The van der Waals surface area contributed by atoms with Gasteiger partial charge in [-0.25, -0.2) is 4.52 Å². The molecule has 1 aliphatic heterocycles. The first kappa shape index (κ1) is 23.1. The number of hydrogen-bond acceptors (Lipinski definition) is 5. The third-order valence-electron chi connectivity index (χ3n) is 6.66. The van der Waals surface area contributed by atoms with Crippen molar-refractivity contribution in [2.24, 2.45) is 11.8 Å². The number of fused-ring (bicyclic) bond motifs is 2. The summed E-state index contributed by atoms with van der Waals surface area (Å²) in [4.78, 5) is 28.4. The van der Waals surface area contributed by atoms with Gasteiger partial charge in [-0.2, -0.15) is 27.1 Å². The van der Waals surface area contributed by atoms with Crippen LogP contribution >= 0.6 is 11.6 Å². The molecule has 0 bridgehead atoms. The third-order valence-corrected chi connectivity index (χ3v) is 7.04. The summed E-state index contributed by atoms with van der Waals surface area (Å²) in [5.74, 6) is -1.45. The molecule has 2 saturated carbocycles. The van der Waals surface area contributed by atoms with E-state index in [0.717, 1.165) is 17.4 Å². The van der Waals surface area contributed by atoms with Gasteiger partial charge >= 0.3 is 12.8 Å². The molecule has 2 amide bonds. The van der Waals surface area contributed by atoms with E-state index in [4.69, 9.17) is 11.6 Å². The van der Waals surface area contributed by atoms with Gasteiger partial charge in [-0.05, 0) is 24.7 Å². The molecule has 14 heteroatoms. The Hall–Kier alpha value is -2.67. The molecular weight excluding hydrogens is 491 g/mol. The second kappa shape index (κ2) is 7.94. The number of rotatable bonds is 4. The van der Waals surface area contributed by atoms with Gasteiger partial charge in [-0.3, -0.25) is 9.59 Å². The number of alkyl halides is 5. The summed E-state index contributed by atoms with van der Waals surface area (Å²) < 4.78 is 70.2. The molecule has 8 nitrogen and oxygen atoms in total. The fourth-order valence-electron chi connectivity index (χ4n) is 4.97. The Morgan fingerprint density at radius 3 is 2.56 bits per heavy atom. The molecule has 0 spiro atoms. The summed E-state index contributed by atoms with van der Waals surface area (Å²) in [5.41, 5.74) is -2.46. The topological polar surface area (TPSA) is 87.4 Å². The van der Waals surface area contributed by atoms with Crippen LogP contribution in [-0.4, -0.2) is 74.7 Å². The van der Waals surface area contributed by atoms with E-state index in [-0.39, 0.29) is 31.6 Å². The van der Waals surface area contributed by atoms with E-state index in [1.807, 2.05) is 0 Å². The van der Waals surface area contributed by atoms with Gasteiger partial charge in [0.2, 0.25) is 5.91 Å². The highest BCUT2D eigenvalue weighted by molar-refractivity contribution is 6.36. The number of hydrogen-bond donors (Lipinski definition) is 1. The number of aliphatic hydroxyl groups is 1. The molecule has 0 aromatic carbocycles. The Kier molecular flexibility index (Phi) is 5.39. The third kappa shape index (κ3) is 3.84. The number of pyridine rings is 1. The van der Waals surface area contributed by atoms with Crippen molar-refractivity contribution in [2.75, 3.05) is 19.6 Å². The van der Waals surface area contributed by atoms with Crippen molar-refractivity contribution < 1.29 is 41.4 Å². The van der Waals surface area contributed by atoms with Gasteiger partial charge in [0.15, 0.2) is 5.69 Å². The molecule has 1 saturated heterocycles. The number of aromatic nitrogens is 2. The molecule has 3 aliphatic rings. The van der Waals surface area contributed by atoms with Crippen LogP contribution in [0.2, 0.25) is 5.02 Å². The lowest BCUT2D eigenvalue weighted by Crippen LogP contribution is -2.57. The average Bonchev–Trinajstić information content (AvgIpc) is 3.36. The van der Waals surface area contributed by atoms with Gasteiger partial charge in [0.05, 0.1) is 22.7 Å². The number of nitrogens with zero attached hydrogens (tertiary/aromatic N) is 4. The number of aliphatic hydroxyl groups excluding tert-OH is 1. The molecule has 2 aromatic rings. The van der Waals surface area contributed by atoms with Gasteiger partial charge in [-0.15, -0.1) is 0 Å². The molecule has 4 atom stereocenters. The molecule has 1 N–H and O–H groups in total. The first-order chi connectivity index (χ1) is 16.0. The summed E-state index contributed by atoms with van der Waals surface area (Å²) in [6, 6.07) is 0.842. The fraction of sp³-hybridized carbons (Fsp3) is 0.550. The normalized spacial score (nSPS) is 27.0. The molecule has 2 aliphatic carbocycles. The van der Waals surface area contributed by atoms with E-state index in [2.05, 4.69) is 9.84 Å². The number of halogens is 6. The maximum atomic E-state index is 13.5. The molecule has 0 radical (unpaired) electrons. The molecule has 34 heavy (non-hydrogen) atoms. The van der Waals surface area contributed by atoms with Crippen molar-refractivity contribution >= 4 is 28.9 Å². The van der Waals surface area contributed by atoms with E-state index in [9.17, 15) is 36.6 Å². The minimum atomic E-state index is -5.01. The van der Waals surface area contributed by atoms with Crippen LogP contribution in [0.3, 0.4) is 0 Å². The second-order valence-corrected chi connectivity index (χ2v) is 9.06. The van der Waals surface area contributed by atoms with Crippen molar-refractivity contribution in [1.29, 1.82) is 0 Å². The summed E-state index contributed by atoms with van der Waals surface area (Å²) in [6.45, 7) is -3.51. The van der Waals surface area contributed by atoms with Crippen LogP contribution in [0.5, 0.6) is 5.75 Å².